The van der Waals surface area contributed by atoms with Gasteiger partial charge in [-0.2, -0.15) is 0 Å². The highest BCUT2D eigenvalue weighted by atomic mass is 79.9. The van der Waals surface area contributed by atoms with E-state index in [0.717, 1.165) is 4.47 Å². The second-order valence-electron chi connectivity index (χ2n) is 3.66. The molecule has 0 aromatic carbocycles. The number of hydrogen-bond donors (Lipinski definition) is 0. The molecule has 0 atom stereocenters. The number of ketones is 1. The summed E-state index contributed by atoms with van der Waals surface area (Å²) >= 11 is 6.63. The minimum Gasteiger partial charge on any atom is -0.492 e. The summed E-state index contributed by atoms with van der Waals surface area (Å²) in [5.41, 5.74) is 0.792. The van der Waals surface area contributed by atoms with Crippen molar-refractivity contribution < 1.29 is 9.53 Å². The van der Waals surface area contributed by atoms with Crippen molar-refractivity contribution in [1.82, 2.24) is 9.97 Å². The minimum atomic E-state index is -0.201. The van der Waals surface area contributed by atoms with Crippen LogP contribution in [0, 0.1) is 0 Å². The van der Waals surface area contributed by atoms with E-state index in [1.807, 2.05) is 6.92 Å². The Morgan fingerprint density at radius 3 is 2.74 bits per heavy atom. The first-order chi connectivity index (χ1) is 9.11. The number of hydrogen-bond acceptors (Lipinski definition) is 4. The van der Waals surface area contributed by atoms with Gasteiger partial charge in [0, 0.05) is 26.9 Å². The molecule has 0 aliphatic carbocycles. The van der Waals surface area contributed by atoms with Gasteiger partial charge >= 0.3 is 0 Å². The van der Waals surface area contributed by atoms with E-state index in [0.29, 0.717) is 28.1 Å². The third-order valence-electron chi connectivity index (χ3n) is 2.31. The summed E-state index contributed by atoms with van der Waals surface area (Å²) in [4.78, 5) is 20.4. The van der Waals surface area contributed by atoms with Gasteiger partial charge in [0.15, 0.2) is 0 Å². The largest absolute Gasteiger partial charge is 0.492 e. The first-order valence-electron chi connectivity index (χ1n) is 5.55. The molecule has 0 saturated heterocycles. The molecule has 2 aromatic heterocycles. The van der Waals surface area contributed by atoms with E-state index in [-0.39, 0.29) is 5.78 Å². The molecule has 0 aliphatic heterocycles. The Balaban J connectivity index is 2.35. The molecule has 0 fully saturated rings. The smallest absolute Gasteiger partial charge is 0.214 e. The van der Waals surface area contributed by atoms with E-state index >= 15 is 0 Å². The predicted octanol–water partition coefficient (Wildman–Crippen LogP) is 3.63. The Morgan fingerprint density at radius 2 is 2.05 bits per heavy atom. The number of carbonyl (C=O) groups is 1. The Morgan fingerprint density at radius 1 is 1.26 bits per heavy atom. The number of halogens is 2. The fourth-order valence-corrected chi connectivity index (χ4v) is 2.67. The molecule has 0 saturated carbocycles. The van der Waals surface area contributed by atoms with Crippen LogP contribution in [0.2, 0.25) is 0 Å². The van der Waals surface area contributed by atoms with Crippen LogP contribution in [0.1, 0.15) is 23.0 Å². The van der Waals surface area contributed by atoms with E-state index in [1.54, 1.807) is 24.5 Å². The zero-order valence-electron chi connectivity index (χ0n) is 10.1. The van der Waals surface area contributed by atoms with Crippen molar-refractivity contribution >= 4 is 37.6 Å². The van der Waals surface area contributed by atoms with E-state index in [2.05, 4.69) is 41.8 Å². The number of pyridine rings is 2. The Bertz CT molecular complexity index is 617. The third kappa shape index (κ3) is 3.39. The number of rotatable bonds is 4. The zero-order chi connectivity index (χ0) is 13.8. The van der Waals surface area contributed by atoms with Gasteiger partial charge in [-0.3, -0.25) is 14.8 Å². The Kier molecular flexibility index (Phi) is 4.66. The topological polar surface area (TPSA) is 52.1 Å². The van der Waals surface area contributed by atoms with Gasteiger partial charge in [-0.15, -0.1) is 0 Å². The summed E-state index contributed by atoms with van der Waals surface area (Å²) in [5.74, 6) is 0.370. The summed E-state index contributed by atoms with van der Waals surface area (Å²) in [6.07, 6.45) is 4.66. The summed E-state index contributed by atoms with van der Waals surface area (Å²) in [5, 5.41) is 0. The van der Waals surface area contributed by atoms with Crippen LogP contribution in [0.5, 0.6) is 5.75 Å². The first-order valence-corrected chi connectivity index (χ1v) is 7.14. The number of ether oxygens (including phenoxy) is 1. The maximum absolute atomic E-state index is 12.3. The quantitative estimate of drug-likeness (QED) is 0.754. The highest BCUT2D eigenvalue weighted by molar-refractivity contribution is 9.11. The monoisotopic (exact) mass is 384 g/mol. The molecular weight excluding hydrogens is 376 g/mol. The second-order valence-corrected chi connectivity index (χ2v) is 5.43. The normalized spacial score (nSPS) is 10.3. The van der Waals surface area contributed by atoms with Crippen LogP contribution in [0.15, 0.2) is 39.7 Å². The van der Waals surface area contributed by atoms with Crippen LogP contribution in [0.4, 0.5) is 0 Å². The maximum atomic E-state index is 12.3. The molecular formula is C13H10Br2N2O2. The third-order valence-corrected chi connectivity index (χ3v) is 3.35. The second kappa shape index (κ2) is 6.25. The van der Waals surface area contributed by atoms with Gasteiger partial charge in [-0.25, -0.2) is 0 Å². The number of aromatic nitrogens is 2. The molecule has 0 amide bonds. The van der Waals surface area contributed by atoms with Crippen molar-refractivity contribution in [2.45, 2.75) is 6.92 Å². The van der Waals surface area contributed by atoms with Gasteiger partial charge in [-0.1, -0.05) is 0 Å². The summed E-state index contributed by atoms with van der Waals surface area (Å²) in [7, 11) is 0. The predicted molar refractivity (Wildman–Crippen MR) is 78.5 cm³/mol. The molecule has 4 nitrogen and oxygen atoms in total. The van der Waals surface area contributed by atoms with Crippen LogP contribution >= 0.6 is 31.9 Å². The molecule has 2 aromatic rings. The lowest BCUT2D eigenvalue weighted by atomic mass is 10.1. The van der Waals surface area contributed by atoms with Gasteiger partial charge in [0.25, 0.3) is 0 Å². The van der Waals surface area contributed by atoms with E-state index in [4.69, 9.17) is 4.74 Å². The van der Waals surface area contributed by atoms with Crippen LogP contribution in [0.25, 0.3) is 0 Å². The van der Waals surface area contributed by atoms with Gasteiger partial charge < -0.3 is 4.74 Å². The number of carbonyl (C=O) groups excluding carboxylic acids is 1. The average Bonchev–Trinajstić information content (AvgIpc) is 2.39. The van der Waals surface area contributed by atoms with Gasteiger partial charge in [0.2, 0.25) is 5.78 Å². The molecule has 6 heteroatoms. The van der Waals surface area contributed by atoms with E-state index in [1.165, 1.54) is 6.20 Å². The van der Waals surface area contributed by atoms with Crippen LogP contribution in [0.3, 0.4) is 0 Å². The summed E-state index contributed by atoms with van der Waals surface area (Å²) in [6, 6.07) is 3.44. The van der Waals surface area contributed by atoms with Crippen molar-refractivity contribution in [1.29, 1.82) is 0 Å². The van der Waals surface area contributed by atoms with Crippen molar-refractivity contribution in [3.05, 3.63) is 50.9 Å². The van der Waals surface area contributed by atoms with E-state index < -0.39 is 0 Å². The van der Waals surface area contributed by atoms with Gasteiger partial charge in [-0.05, 0) is 50.9 Å². The lowest BCUT2D eigenvalue weighted by Gasteiger charge is -2.06. The molecule has 0 N–H and O–H groups in total. The summed E-state index contributed by atoms with van der Waals surface area (Å²) < 4.78 is 6.76. The van der Waals surface area contributed by atoms with Crippen LogP contribution in [-0.4, -0.2) is 22.4 Å². The molecule has 0 aliphatic rings. The SMILES string of the molecule is CCOc1cncc(C(=O)c2ncc(Br)cc2Br)c1. The van der Waals surface area contributed by atoms with Crippen molar-refractivity contribution in [2.24, 2.45) is 0 Å². The molecule has 2 rings (SSSR count). The van der Waals surface area contributed by atoms with Crippen molar-refractivity contribution in [3.8, 4) is 5.75 Å². The molecule has 0 spiro atoms. The highest BCUT2D eigenvalue weighted by Crippen LogP contribution is 2.22. The van der Waals surface area contributed by atoms with Crippen LogP contribution < -0.4 is 4.74 Å². The summed E-state index contributed by atoms with van der Waals surface area (Å²) in [6.45, 7) is 2.40. The number of nitrogens with zero attached hydrogens (tertiary/aromatic N) is 2. The molecule has 0 unspecified atom stereocenters. The Labute approximate surface area is 127 Å². The fourth-order valence-electron chi connectivity index (χ4n) is 1.51. The van der Waals surface area contributed by atoms with E-state index in [9.17, 15) is 4.79 Å². The highest BCUT2D eigenvalue weighted by Gasteiger charge is 2.15. The van der Waals surface area contributed by atoms with Gasteiger partial charge in [0.05, 0.1) is 12.8 Å². The lowest BCUT2D eigenvalue weighted by Crippen LogP contribution is -2.06. The maximum Gasteiger partial charge on any atom is 0.214 e. The van der Waals surface area contributed by atoms with Crippen LogP contribution in [-0.2, 0) is 0 Å². The average molecular weight is 386 g/mol. The van der Waals surface area contributed by atoms with Crippen molar-refractivity contribution in [2.75, 3.05) is 6.61 Å². The molecule has 2 heterocycles. The van der Waals surface area contributed by atoms with Gasteiger partial charge in [0.1, 0.15) is 11.4 Å². The first kappa shape index (κ1) is 14.1. The minimum absolute atomic E-state index is 0.201. The molecule has 98 valence electrons. The standard InChI is InChI=1S/C13H10Br2N2O2/c1-2-19-10-3-8(5-16-7-10)13(18)12-11(15)4-9(14)6-17-12/h3-7H,2H2,1H3. The zero-order valence-corrected chi connectivity index (χ0v) is 13.2. The Hall–Kier alpha value is -1.27. The molecule has 0 bridgehead atoms. The molecule has 19 heavy (non-hydrogen) atoms. The molecule has 0 radical (unpaired) electrons. The van der Waals surface area contributed by atoms with Crippen molar-refractivity contribution in [3.63, 3.8) is 0 Å². The lowest BCUT2D eigenvalue weighted by molar-refractivity contribution is 0.103. The fraction of sp³-hybridized carbons (Fsp3) is 0.154.